The third kappa shape index (κ3) is 3.98. The van der Waals surface area contributed by atoms with Gasteiger partial charge in [-0.3, -0.25) is 0 Å². The van der Waals surface area contributed by atoms with Crippen LogP contribution in [0.5, 0.6) is 0 Å². The van der Waals surface area contributed by atoms with Gasteiger partial charge in [-0.05, 0) is 35.7 Å². The van der Waals surface area contributed by atoms with Crippen LogP contribution in [0.25, 0.3) is 9.88 Å². The number of hydrogen-bond donors (Lipinski definition) is 2. The number of urea groups is 1. The summed E-state index contributed by atoms with van der Waals surface area (Å²) in [7, 11) is 0. The molecule has 0 aliphatic rings. The molecule has 3 rings (SSSR count). The van der Waals surface area contributed by atoms with E-state index < -0.39 is 12.0 Å². The van der Waals surface area contributed by atoms with Crippen molar-refractivity contribution in [1.29, 1.82) is 0 Å². The molecule has 0 atom stereocenters. The van der Waals surface area contributed by atoms with E-state index in [9.17, 15) is 9.59 Å². The zero-order valence-electron chi connectivity index (χ0n) is 12.4. The van der Waals surface area contributed by atoms with E-state index in [4.69, 9.17) is 10.5 Å². The van der Waals surface area contributed by atoms with Crippen LogP contribution in [0.4, 0.5) is 10.5 Å². The molecule has 0 bridgehead atoms. The lowest BCUT2D eigenvalue weighted by Crippen LogP contribution is -2.19. The number of rotatable bonds is 5. The lowest BCUT2D eigenvalue weighted by atomic mass is 10.2. The number of nitrogens with two attached hydrogens (primary N) is 1. The van der Waals surface area contributed by atoms with Crippen LogP contribution in [0, 0.1) is 0 Å². The molecule has 122 valence electrons. The number of primary amides is 1. The molecule has 24 heavy (non-hydrogen) atoms. The number of aromatic nitrogens is 1. The second-order valence-corrected chi connectivity index (χ2v) is 6.57. The summed E-state index contributed by atoms with van der Waals surface area (Å²) in [5, 5.41) is 7.21. The van der Waals surface area contributed by atoms with Crippen LogP contribution in [-0.2, 0) is 11.3 Å². The highest BCUT2D eigenvalue weighted by molar-refractivity contribution is 7.20. The minimum Gasteiger partial charge on any atom is -0.456 e. The fourth-order valence-electron chi connectivity index (χ4n) is 1.94. The lowest BCUT2D eigenvalue weighted by molar-refractivity contribution is 0.0468. The van der Waals surface area contributed by atoms with Gasteiger partial charge in [0.25, 0.3) is 0 Å². The van der Waals surface area contributed by atoms with Crippen molar-refractivity contribution < 1.29 is 14.3 Å². The molecule has 0 unspecified atom stereocenters. The fraction of sp³-hybridized carbons (Fsp3) is 0.0625. The summed E-state index contributed by atoms with van der Waals surface area (Å²) in [4.78, 5) is 28.3. The molecule has 2 heterocycles. The Hall–Kier alpha value is -2.71. The lowest BCUT2D eigenvalue weighted by Gasteiger charge is -2.05. The maximum absolute atomic E-state index is 12.0. The Labute approximate surface area is 145 Å². The summed E-state index contributed by atoms with van der Waals surface area (Å²) in [6.07, 6.45) is 0. The van der Waals surface area contributed by atoms with Crippen LogP contribution < -0.4 is 11.1 Å². The van der Waals surface area contributed by atoms with Gasteiger partial charge < -0.3 is 15.8 Å². The first-order chi connectivity index (χ1) is 11.6. The number of anilines is 1. The van der Waals surface area contributed by atoms with E-state index in [-0.39, 0.29) is 6.61 Å². The van der Waals surface area contributed by atoms with E-state index in [0.717, 1.165) is 9.88 Å². The topological polar surface area (TPSA) is 94.3 Å². The molecule has 3 N–H and O–H groups in total. The van der Waals surface area contributed by atoms with Crippen LogP contribution >= 0.6 is 22.7 Å². The molecule has 2 aromatic heterocycles. The van der Waals surface area contributed by atoms with E-state index in [2.05, 4.69) is 10.3 Å². The second-order valence-electron chi connectivity index (χ2n) is 4.76. The zero-order chi connectivity index (χ0) is 16.9. The standard InChI is InChI=1S/C16H13N3O3S2/c17-16(21)19-11-5-3-10(4-6-11)15(20)22-8-12-9-24-14(18-12)13-2-1-7-23-13/h1-7,9H,8H2,(H3,17,19,21). The number of nitrogens with zero attached hydrogens (tertiary/aromatic N) is 1. The Morgan fingerprint density at radius 1 is 1.17 bits per heavy atom. The van der Waals surface area contributed by atoms with Crippen molar-refractivity contribution in [2.24, 2.45) is 5.73 Å². The molecule has 3 aromatic rings. The molecule has 0 radical (unpaired) electrons. The summed E-state index contributed by atoms with van der Waals surface area (Å²) < 4.78 is 5.26. The van der Waals surface area contributed by atoms with Crippen molar-refractivity contribution >= 4 is 40.4 Å². The Morgan fingerprint density at radius 2 is 1.96 bits per heavy atom. The van der Waals surface area contributed by atoms with Gasteiger partial charge in [-0.1, -0.05) is 6.07 Å². The van der Waals surface area contributed by atoms with Crippen molar-refractivity contribution in [3.63, 3.8) is 0 Å². The average Bonchev–Trinajstić information content (AvgIpc) is 3.24. The van der Waals surface area contributed by atoms with E-state index in [0.29, 0.717) is 16.9 Å². The summed E-state index contributed by atoms with van der Waals surface area (Å²) in [5.41, 5.74) is 6.64. The van der Waals surface area contributed by atoms with E-state index in [1.54, 1.807) is 35.6 Å². The van der Waals surface area contributed by atoms with Crippen LogP contribution in [0.2, 0.25) is 0 Å². The first kappa shape index (κ1) is 16.2. The van der Waals surface area contributed by atoms with Gasteiger partial charge in [-0.2, -0.15) is 0 Å². The summed E-state index contributed by atoms with van der Waals surface area (Å²) >= 11 is 3.14. The molecule has 0 saturated heterocycles. The summed E-state index contributed by atoms with van der Waals surface area (Å²) in [5.74, 6) is -0.453. The van der Waals surface area contributed by atoms with Gasteiger partial charge in [0.05, 0.1) is 16.1 Å². The summed E-state index contributed by atoms with van der Waals surface area (Å²) in [6, 6.07) is 9.60. The number of benzene rings is 1. The molecule has 0 aliphatic heterocycles. The molecule has 0 spiro atoms. The van der Waals surface area contributed by atoms with Crippen molar-refractivity contribution in [2.75, 3.05) is 5.32 Å². The molecule has 0 aliphatic carbocycles. The molecule has 0 saturated carbocycles. The third-order valence-electron chi connectivity index (χ3n) is 3.02. The van der Waals surface area contributed by atoms with E-state index in [1.165, 1.54) is 11.3 Å². The Kier molecular flexibility index (Phi) is 4.88. The predicted molar refractivity (Wildman–Crippen MR) is 94.2 cm³/mol. The highest BCUT2D eigenvalue weighted by Crippen LogP contribution is 2.28. The fourth-order valence-corrected chi connectivity index (χ4v) is 3.56. The Balaban J connectivity index is 1.58. The molecular formula is C16H13N3O3S2. The molecular weight excluding hydrogens is 346 g/mol. The van der Waals surface area contributed by atoms with Gasteiger partial charge in [-0.25, -0.2) is 14.6 Å². The molecule has 1 aromatic carbocycles. The van der Waals surface area contributed by atoms with Crippen LogP contribution in [0.15, 0.2) is 47.2 Å². The number of amides is 2. The van der Waals surface area contributed by atoms with Crippen molar-refractivity contribution in [2.45, 2.75) is 6.61 Å². The van der Waals surface area contributed by atoms with Gasteiger partial charge in [0, 0.05) is 11.1 Å². The van der Waals surface area contributed by atoms with Gasteiger partial charge in [0.2, 0.25) is 0 Å². The van der Waals surface area contributed by atoms with E-state index >= 15 is 0 Å². The van der Waals surface area contributed by atoms with Crippen LogP contribution in [-0.4, -0.2) is 17.0 Å². The Morgan fingerprint density at radius 3 is 2.62 bits per heavy atom. The minimum atomic E-state index is -0.657. The highest BCUT2D eigenvalue weighted by atomic mass is 32.1. The molecule has 8 heteroatoms. The number of carbonyl (C=O) groups is 2. The monoisotopic (exact) mass is 359 g/mol. The number of nitrogens with one attached hydrogen (secondary N) is 1. The highest BCUT2D eigenvalue weighted by Gasteiger charge is 2.10. The quantitative estimate of drug-likeness (QED) is 0.679. The second kappa shape index (κ2) is 7.24. The normalized spacial score (nSPS) is 10.3. The maximum Gasteiger partial charge on any atom is 0.338 e. The number of hydrogen-bond acceptors (Lipinski definition) is 6. The first-order valence-electron chi connectivity index (χ1n) is 6.94. The van der Waals surface area contributed by atoms with Crippen molar-refractivity contribution in [3.05, 3.63) is 58.4 Å². The average molecular weight is 359 g/mol. The maximum atomic E-state index is 12.0. The number of thiophene rings is 1. The number of esters is 1. The number of thiazole rings is 1. The Bertz CT molecular complexity index is 842. The minimum absolute atomic E-state index is 0.113. The third-order valence-corrected chi connectivity index (χ3v) is 4.95. The predicted octanol–water partition coefficient (Wildman–Crippen LogP) is 3.72. The van der Waals surface area contributed by atoms with Gasteiger partial charge in [-0.15, -0.1) is 22.7 Å². The van der Waals surface area contributed by atoms with Gasteiger partial charge in [0.1, 0.15) is 11.6 Å². The smallest absolute Gasteiger partial charge is 0.338 e. The zero-order valence-corrected chi connectivity index (χ0v) is 14.0. The molecule has 0 fully saturated rings. The SMILES string of the molecule is NC(=O)Nc1ccc(C(=O)OCc2csc(-c3cccs3)n2)cc1. The van der Waals surface area contributed by atoms with Crippen molar-refractivity contribution in [1.82, 2.24) is 4.98 Å². The van der Waals surface area contributed by atoms with Gasteiger partial charge >= 0.3 is 12.0 Å². The molecule has 6 nitrogen and oxygen atoms in total. The van der Waals surface area contributed by atoms with Crippen LogP contribution in [0.3, 0.4) is 0 Å². The molecule has 2 amide bonds. The van der Waals surface area contributed by atoms with Crippen molar-refractivity contribution in [3.8, 4) is 9.88 Å². The first-order valence-corrected chi connectivity index (χ1v) is 8.69. The largest absolute Gasteiger partial charge is 0.456 e. The summed E-state index contributed by atoms with van der Waals surface area (Å²) in [6.45, 7) is 0.113. The number of ether oxygens (including phenoxy) is 1. The number of carbonyl (C=O) groups excluding carboxylic acids is 2. The van der Waals surface area contributed by atoms with Crippen LogP contribution in [0.1, 0.15) is 16.1 Å². The van der Waals surface area contributed by atoms with Gasteiger partial charge in [0.15, 0.2) is 0 Å². The van der Waals surface area contributed by atoms with E-state index in [1.807, 2.05) is 22.9 Å².